The fourth-order valence-electron chi connectivity index (χ4n) is 5.68. The Morgan fingerprint density at radius 2 is 1.57 bits per heavy atom. The maximum Gasteiger partial charge on any atom is 0.232 e. The third-order valence-corrected chi connectivity index (χ3v) is 7.68. The van der Waals surface area contributed by atoms with Crippen molar-refractivity contribution in [1.82, 2.24) is 19.5 Å². The monoisotopic (exact) mass is 732 g/mol. The second-order valence-electron chi connectivity index (χ2n) is 11.0. The summed E-state index contributed by atoms with van der Waals surface area (Å²) in [4.78, 5) is 14.5. The van der Waals surface area contributed by atoms with E-state index in [1.54, 1.807) is 6.07 Å². The van der Waals surface area contributed by atoms with E-state index in [0.29, 0.717) is 39.7 Å². The van der Waals surface area contributed by atoms with Gasteiger partial charge >= 0.3 is 0 Å². The molecule has 212 valence electrons. The Balaban J connectivity index is 0.00000316. The molecule has 7 aromatic rings. The standard InChI is InChI=1S/C35H29N4O2.Pt/c1-20(2)23-12-8-13-24(21(3)4)33(23)39-19-28(38-34(39)26-14-7-10-22-9-5-6-11-25(22)26)27-15-16-30-32(37-27)31-29(40)17-18-36-35(31)41-30;/h5-10,12-21H,1-4H3,(H,36,40);/q-1;. The van der Waals surface area contributed by atoms with Crippen LogP contribution in [0.1, 0.15) is 50.7 Å². The molecule has 0 amide bonds. The van der Waals surface area contributed by atoms with Gasteiger partial charge < -0.3 is 14.1 Å². The molecule has 7 heteroatoms. The van der Waals surface area contributed by atoms with Crippen molar-refractivity contribution in [3.8, 4) is 34.2 Å². The Morgan fingerprint density at radius 3 is 2.33 bits per heavy atom. The molecule has 4 aromatic heterocycles. The average Bonchev–Trinajstić information content (AvgIpc) is 3.58. The van der Waals surface area contributed by atoms with Crippen molar-refractivity contribution in [1.29, 1.82) is 0 Å². The van der Waals surface area contributed by atoms with E-state index < -0.39 is 0 Å². The fraction of sp³-hybridized carbons (Fsp3) is 0.171. The van der Waals surface area contributed by atoms with Crippen LogP contribution in [0.4, 0.5) is 0 Å². The Kier molecular flexibility index (Phi) is 7.20. The number of pyridine rings is 2. The van der Waals surface area contributed by atoms with Crippen LogP contribution in [-0.2, 0) is 21.1 Å². The summed E-state index contributed by atoms with van der Waals surface area (Å²) in [5.41, 5.74) is 7.54. The van der Waals surface area contributed by atoms with Crippen LogP contribution in [0, 0.1) is 6.07 Å². The number of rotatable bonds is 5. The Labute approximate surface area is 258 Å². The number of fused-ring (bicyclic) bond motifs is 4. The molecule has 42 heavy (non-hydrogen) atoms. The largest absolute Gasteiger partial charge is 0.507 e. The van der Waals surface area contributed by atoms with E-state index in [0.717, 1.165) is 33.5 Å². The summed E-state index contributed by atoms with van der Waals surface area (Å²) in [5.74, 6) is 1.53. The molecular formula is C35H29N4O2Pt-. The predicted octanol–water partition coefficient (Wildman–Crippen LogP) is 8.80. The summed E-state index contributed by atoms with van der Waals surface area (Å²) in [6.07, 6.45) is 3.60. The molecule has 7 rings (SSSR count). The van der Waals surface area contributed by atoms with Gasteiger partial charge in [-0.15, -0.1) is 35.0 Å². The summed E-state index contributed by atoms with van der Waals surface area (Å²) in [7, 11) is 0. The van der Waals surface area contributed by atoms with E-state index in [9.17, 15) is 5.11 Å². The molecule has 0 aliphatic rings. The van der Waals surface area contributed by atoms with Crippen LogP contribution in [0.2, 0.25) is 0 Å². The molecule has 0 unspecified atom stereocenters. The first-order valence-electron chi connectivity index (χ1n) is 13.9. The summed E-state index contributed by atoms with van der Waals surface area (Å²) in [6.45, 7) is 8.91. The zero-order chi connectivity index (χ0) is 28.2. The summed E-state index contributed by atoms with van der Waals surface area (Å²) in [6, 6.07) is 27.7. The first-order valence-corrected chi connectivity index (χ1v) is 13.9. The summed E-state index contributed by atoms with van der Waals surface area (Å²) >= 11 is 0. The van der Waals surface area contributed by atoms with Crippen molar-refractivity contribution in [2.75, 3.05) is 0 Å². The maximum absolute atomic E-state index is 10.6. The van der Waals surface area contributed by atoms with Gasteiger partial charge in [-0.05, 0) is 41.2 Å². The van der Waals surface area contributed by atoms with Crippen LogP contribution in [0.25, 0.3) is 61.4 Å². The molecule has 0 saturated heterocycles. The van der Waals surface area contributed by atoms with Crippen molar-refractivity contribution >= 4 is 33.0 Å². The first-order chi connectivity index (χ1) is 19.9. The summed E-state index contributed by atoms with van der Waals surface area (Å²) < 4.78 is 8.09. The number of furan rings is 1. The van der Waals surface area contributed by atoms with Gasteiger partial charge in [0.1, 0.15) is 28.2 Å². The van der Waals surface area contributed by atoms with Gasteiger partial charge in [-0.3, -0.25) is 0 Å². The fourth-order valence-corrected chi connectivity index (χ4v) is 5.68. The van der Waals surface area contributed by atoms with Gasteiger partial charge in [0.25, 0.3) is 0 Å². The molecule has 0 bridgehead atoms. The topological polar surface area (TPSA) is 77.0 Å². The molecule has 0 atom stereocenters. The van der Waals surface area contributed by atoms with E-state index >= 15 is 0 Å². The van der Waals surface area contributed by atoms with Crippen LogP contribution in [0.5, 0.6) is 5.75 Å². The number of para-hydroxylation sites is 1. The van der Waals surface area contributed by atoms with Crippen LogP contribution >= 0.6 is 0 Å². The zero-order valence-electron chi connectivity index (χ0n) is 23.7. The van der Waals surface area contributed by atoms with Gasteiger partial charge in [0.2, 0.25) is 5.71 Å². The molecule has 0 saturated carbocycles. The summed E-state index contributed by atoms with van der Waals surface area (Å²) in [5, 5.41) is 13.2. The number of hydrogen-bond acceptors (Lipinski definition) is 5. The average molecular weight is 733 g/mol. The molecule has 0 spiro atoms. The van der Waals surface area contributed by atoms with Crippen molar-refractivity contribution in [3.05, 3.63) is 102 Å². The minimum atomic E-state index is 0. The van der Waals surface area contributed by atoms with E-state index in [4.69, 9.17) is 14.4 Å². The van der Waals surface area contributed by atoms with E-state index in [2.05, 4.69) is 92.0 Å². The number of aromatic hydroxyl groups is 1. The van der Waals surface area contributed by atoms with Gasteiger partial charge in [-0.2, -0.15) is 0 Å². The first kappa shape index (κ1) is 27.9. The molecule has 0 aliphatic heterocycles. The van der Waals surface area contributed by atoms with E-state index in [1.807, 2.05) is 24.3 Å². The van der Waals surface area contributed by atoms with Gasteiger partial charge in [0.05, 0.1) is 11.4 Å². The van der Waals surface area contributed by atoms with Crippen LogP contribution < -0.4 is 0 Å². The number of benzene rings is 3. The quantitative estimate of drug-likeness (QED) is 0.179. The Morgan fingerprint density at radius 1 is 0.833 bits per heavy atom. The van der Waals surface area contributed by atoms with Crippen molar-refractivity contribution in [2.45, 2.75) is 39.5 Å². The second-order valence-corrected chi connectivity index (χ2v) is 11.0. The van der Waals surface area contributed by atoms with Crippen molar-refractivity contribution in [2.24, 2.45) is 0 Å². The molecule has 1 N–H and O–H groups in total. The third kappa shape index (κ3) is 4.51. The molecule has 6 nitrogen and oxygen atoms in total. The van der Waals surface area contributed by atoms with Crippen LogP contribution in [0.3, 0.4) is 0 Å². The van der Waals surface area contributed by atoms with Gasteiger partial charge in [0, 0.05) is 33.5 Å². The number of nitrogens with zero attached hydrogens (tertiary/aromatic N) is 4. The minimum absolute atomic E-state index is 0. The molecule has 0 fully saturated rings. The van der Waals surface area contributed by atoms with Gasteiger partial charge in [-0.25, -0.2) is 15.0 Å². The molecule has 0 aliphatic carbocycles. The smallest absolute Gasteiger partial charge is 0.232 e. The van der Waals surface area contributed by atoms with Crippen molar-refractivity contribution < 1.29 is 30.6 Å². The van der Waals surface area contributed by atoms with E-state index in [1.165, 1.54) is 17.3 Å². The molecule has 0 radical (unpaired) electrons. The number of hydrogen-bond donors (Lipinski definition) is 1. The Bertz CT molecular complexity index is 2060. The van der Waals surface area contributed by atoms with Crippen molar-refractivity contribution in [3.63, 3.8) is 0 Å². The molecule has 4 heterocycles. The number of imidazole rings is 1. The molecule has 3 aromatic carbocycles. The SMILES string of the molecule is CC(C)c1cccc(C(C)C)c1-n1cc(-c2ccc3oc4nccc(O)c4c3n2)nc1-c1cccc2ccc[c-]c12.[Pt]. The zero-order valence-corrected chi connectivity index (χ0v) is 26.0. The van der Waals surface area contributed by atoms with Crippen LogP contribution in [0.15, 0.2) is 89.6 Å². The molecular weight excluding hydrogens is 703 g/mol. The second kappa shape index (κ2) is 10.8. The van der Waals surface area contributed by atoms with Crippen LogP contribution in [-0.4, -0.2) is 24.6 Å². The Hall–Kier alpha value is -4.28. The minimum Gasteiger partial charge on any atom is -0.507 e. The normalized spacial score (nSPS) is 11.7. The van der Waals surface area contributed by atoms with E-state index in [-0.39, 0.29) is 26.8 Å². The van der Waals surface area contributed by atoms with Gasteiger partial charge in [-0.1, -0.05) is 69.7 Å². The maximum atomic E-state index is 10.6. The third-order valence-electron chi connectivity index (χ3n) is 7.68. The van der Waals surface area contributed by atoms with Gasteiger partial charge in [0.15, 0.2) is 5.58 Å². The number of aromatic nitrogens is 4. The predicted molar refractivity (Wildman–Crippen MR) is 163 cm³/mol.